The van der Waals surface area contributed by atoms with Gasteiger partial charge in [-0.1, -0.05) is 22.0 Å². The van der Waals surface area contributed by atoms with Gasteiger partial charge in [0.25, 0.3) is 0 Å². The van der Waals surface area contributed by atoms with Crippen LogP contribution in [0, 0.1) is 0 Å². The summed E-state index contributed by atoms with van der Waals surface area (Å²) in [5.41, 5.74) is 3.17. The van der Waals surface area contributed by atoms with Crippen molar-refractivity contribution in [1.29, 1.82) is 0 Å². The molecule has 2 aromatic heterocycles. The number of nitrogens with zero attached hydrogens (tertiary/aromatic N) is 3. The van der Waals surface area contributed by atoms with E-state index in [1.165, 1.54) is 5.56 Å². The van der Waals surface area contributed by atoms with Crippen molar-refractivity contribution in [2.75, 3.05) is 19.6 Å². The van der Waals surface area contributed by atoms with Crippen molar-refractivity contribution in [3.8, 4) is 11.5 Å². The third kappa shape index (κ3) is 4.32. The molecule has 0 spiro atoms. The fourth-order valence-corrected chi connectivity index (χ4v) is 3.41. The molecule has 4 rings (SSSR count). The van der Waals surface area contributed by atoms with Gasteiger partial charge in [0, 0.05) is 54.7 Å². The van der Waals surface area contributed by atoms with Crippen molar-refractivity contribution in [3.05, 3.63) is 70.8 Å². The van der Waals surface area contributed by atoms with Crippen molar-refractivity contribution in [3.63, 3.8) is 0 Å². The predicted octanol–water partition coefficient (Wildman–Crippen LogP) is 4.07. The number of hydrogen-bond donors (Lipinski definition) is 1. The molecule has 3 heterocycles. The smallest absolute Gasteiger partial charge is 0.226 e. The van der Waals surface area contributed by atoms with Gasteiger partial charge in [-0.25, -0.2) is 4.98 Å². The normalized spacial score (nSPS) is 17.7. The van der Waals surface area contributed by atoms with E-state index >= 15 is 0 Å². The molecule has 0 saturated carbocycles. The van der Waals surface area contributed by atoms with Crippen LogP contribution >= 0.6 is 28.3 Å². The number of hydrogen-bond acceptors (Lipinski definition) is 5. The molecule has 1 aliphatic heterocycles. The van der Waals surface area contributed by atoms with Gasteiger partial charge in [0.1, 0.15) is 6.26 Å². The summed E-state index contributed by atoms with van der Waals surface area (Å²) in [6.45, 7) is 3.64. The Labute approximate surface area is 167 Å². The lowest BCUT2D eigenvalue weighted by molar-refractivity contribution is 0.151. The number of piperazine rings is 1. The highest BCUT2D eigenvalue weighted by atomic mass is 79.9. The van der Waals surface area contributed by atoms with Crippen molar-refractivity contribution < 1.29 is 4.42 Å². The second-order valence-electron chi connectivity index (χ2n) is 6.13. The standard InChI is InChI=1S/C19H19BrN4O.ClH/c20-16-5-3-14(4-6-16)19-23-17(13-25-19)12-24-9-8-22-11-18(24)15-2-1-7-21-10-15;/h1-7,10,13,18,22H,8-9,11-12H2;1H. The topological polar surface area (TPSA) is 54.2 Å². The Kier molecular flexibility index (Phi) is 6.43. The van der Waals surface area contributed by atoms with E-state index in [9.17, 15) is 0 Å². The molecule has 0 radical (unpaired) electrons. The molecule has 1 saturated heterocycles. The number of pyridine rings is 1. The van der Waals surface area contributed by atoms with Gasteiger partial charge >= 0.3 is 0 Å². The Morgan fingerprint density at radius 1 is 1.23 bits per heavy atom. The first kappa shape index (κ1) is 19.0. The van der Waals surface area contributed by atoms with E-state index in [0.29, 0.717) is 11.9 Å². The largest absolute Gasteiger partial charge is 0.444 e. The average molecular weight is 436 g/mol. The van der Waals surface area contributed by atoms with Crippen molar-refractivity contribution in [1.82, 2.24) is 20.2 Å². The van der Waals surface area contributed by atoms with E-state index in [2.05, 4.69) is 42.2 Å². The van der Waals surface area contributed by atoms with Crippen LogP contribution in [0.2, 0.25) is 0 Å². The second kappa shape index (κ2) is 8.77. The van der Waals surface area contributed by atoms with Gasteiger partial charge < -0.3 is 9.73 Å². The van der Waals surface area contributed by atoms with E-state index < -0.39 is 0 Å². The first-order chi connectivity index (χ1) is 12.3. The molecule has 1 unspecified atom stereocenters. The van der Waals surface area contributed by atoms with Crippen LogP contribution in [0.1, 0.15) is 17.3 Å². The summed E-state index contributed by atoms with van der Waals surface area (Å²) in [5, 5.41) is 3.47. The number of aromatic nitrogens is 2. The van der Waals surface area contributed by atoms with Crippen LogP contribution in [0.3, 0.4) is 0 Å². The fourth-order valence-electron chi connectivity index (χ4n) is 3.15. The Balaban J connectivity index is 0.00000196. The number of oxazole rings is 1. The summed E-state index contributed by atoms with van der Waals surface area (Å²) in [6, 6.07) is 12.4. The van der Waals surface area contributed by atoms with Crippen molar-refractivity contribution >= 4 is 28.3 Å². The van der Waals surface area contributed by atoms with Gasteiger partial charge in [-0.15, -0.1) is 12.4 Å². The molecule has 0 bridgehead atoms. The molecular weight excluding hydrogens is 416 g/mol. The molecular formula is C19H20BrClN4O. The molecule has 5 nitrogen and oxygen atoms in total. The quantitative estimate of drug-likeness (QED) is 0.669. The van der Waals surface area contributed by atoms with Gasteiger partial charge in [0.15, 0.2) is 0 Å². The minimum absolute atomic E-state index is 0. The summed E-state index contributed by atoms with van der Waals surface area (Å²) in [4.78, 5) is 11.4. The molecule has 1 N–H and O–H groups in total. The van der Waals surface area contributed by atoms with Gasteiger partial charge in [0.2, 0.25) is 5.89 Å². The summed E-state index contributed by atoms with van der Waals surface area (Å²) in [5.74, 6) is 0.663. The summed E-state index contributed by atoms with van der Waals surface area (Å²) < 4.78 is 6.74. The zero-order valence-corrected chi connectivity index (χ0v) is 16.5. The van der Waals surface area contributed by atoms with Gasteiger partial charge in [0.05, 0.1) is 5.69 Å². The third-order valence-electron chi connectivity index (χ3n) is 4.43. The second-order valence-corrected chi connectivity index (χ2v) is 7.04. The monoisotopic (exact) mass is 434 g/mol. The minimum atomic E-state index is 0. The van der Waals surface area contributed by atoms with Gasteiger partial charge in [-0.3, -0.25) is 9.88 Å². The average Bonchev–Trinajstić information content (AvgIpc) is 3.12. The first-order valence-electron chi connectivity index (χ1n) is 8.34. The molecule has 0 amide bonds. The highest BCUT2D eigenvalue weighted by Gasteiger charge is 2.24. The van der Waals surface area contributed by atoms with Crippen LogP contribution in [-0.4, -0.2) is 34.5 Å². The van der Waals surface area contributed by atoms with Crippen molar-refractivity contribution in [2.24, 2.45) is 0 Å². The highest BCUT2D eigenvalue weighted by Crippen LogP contribution is 2.25. The summed E-state index contributed by atoms with van der Waals surface area (Å²) >= 11 is 3.45. The summed E-state index contributed by atoms with van der Waals surface area (Å²) in [6.07, 6.45) is 5.52. The SMILES string of the molecule is Brc1ccc(-c2nc(CN3CCNCC3c3cccnc3)co2)cc1.Cl. The first-order valence-corrected chi connectivity index (χ1v) is 9.14. The van der Waals surface area contributed by atoms with E-state index in [1.807, 2.05) is 42.7 Å². The maximum Gasteiger partial charge on any atom is 0.226 e. The third-order valence-corrected chi connectivity index (χ3v) is 4.96. The van der Waals surface area contributed by atoms with Crippen LogP contribution in [0.25, 0.3) is 11.5 Å². The van der Waals surface area contributed by atoms with E-state index in [4.69, 9.17) is 4.42 Å². The lowest BCUT2D eigenvalue weighted by atomic mass is 10.1. The highest BCUT2D eigenvalue weighted by molar-refractivity contribution is 9.10. The molecule has 26 heavy (non-hydrogen) atoms. The predicted molar refractivity (Wildman–Crippen MR) is 107 cm³/mol. The Morgan fingerprint density at radius 3 is 2.85 bits per heavy atom. The lowest BCUT2D eigenvalue weighted by Crippen LogP contribution is -2.45. The molecule has 3 aromatic rings. The molecule has 0 aliphatic carbocycles. The van der Waals surface area contributed by atoms with E-state index in [0.717, 1.165) is 41.9 Å². The lowest BCUT2D eigenvalue weighted by Gasteiger charge is -2.35. The Bertz CT molecular complexity index is 825. The molecule has 1 fully saturated rings. The van der Waals surface area contributed by atoms with Crippen LogP contribution in [-0.2, 0) is 6.54 Å². The van der Waals surface area contributed by atoms with Crippen LogP contribution in [0.4, 0.5) is 0 Å². The van der Waals surface area contributed by atoms with Crippen LogP contribution < -0.4 is 5.32 Å². The molecule has 7 heteroatoms. The maximum atomic E-state index is 5.69. The zero-order valence-electron chi connectivity index (χ0n) is 14.1. The number of rotatable bonds is 4. The van der Waals surface area contributed by atoms with Crippen LogP contribution in [0.5, 0.6) is 0 Å². The van der Waals surface area contributed by atoms with Gasteiger partial charge in [-0.2, -0.15) is 0 Å². The number of benzene rings is 1. The van der Waals surface area contributed by atoms with Crippen molar-refractivity contribution in [2.45, 2.75) is 12.6 Å². The molecule has 1 atom stereocenters. The minimum Gasteiger partial charge on any atom is -0.444 e. The van der Waals surface area contributed by atoms with E-state index in [1.54, 1.807) is 6.26 Å². The van der Waals surface area contributed by atoms with E-state index in [-0.39, 0.29) is 12.4 Å². The number of nitrogens with one attached hydrogen (secondary N) is 1. The Hall–Kier alpha value is -1.73. The fraction of sp³-hybridized carbons (Fsp3) is 0.263. The molecule has 1 aromatic carbocycles. The molecule has 136 valence electrons. The number of halogens is 2. The summed E-state index contributed by atoms with van der Waals surface area (Å²) in [7, 11) is 0. The van der Waals surface area contributed by atoms with Gasteiger partial charge in [-0.05, 0) is 35.9 Å². The zero-order chi connectivity index (χ0) is 17.1. The molecule has 1 aliphatic rings. The maximum absolute atomic E-state index is 5.69. The van der Waals surface area contributed by atoms with Crippen LogP contribution in [0.15, 0.2) is 63.9 Å². The Morgan fingerprint density at radius 2 is 2.08 bits per heavy atom.